The van der Waals surface area contributed by atoms with Crippen molar-refractivity contribution in [2.75, 3.05) is 49.7 Å². The highest BCUT2D eigenvalue weighted by atomic mass is 16.5. The van der Waals surface area contributed by atoms with Gasteiger partial charge in [0.2, 0.25) is 5.95 Å². The number of morpholine rings is 1. The van der Waals surface area contributed by atoms with E-state index >= 15 is 0 Å². The smallest absolute Gasteiger partial charge is 0.313 e. The average Bonchev–Trinajstić information content (AvgIpc) is 2.72. The van der Waals surface area contributed by atoms with Gasteiger partial charge in [0, 0.05) is 56.8 Å². The van der Waals surface area contributed by atoms with Gasteiger partial charge in [-0.25, -0.2) is 4.98 Å². The number of nitrogens with zero attached hydrogens (tertiary/aromatic N) is 5. The van der Waals surface area contributed by atoms with Crippen molar-refractivity contribution in [2.45, 2.75) is 25.7 Å². The SMILES string of the molecule is CN(CCc1ccccn1)c1ncc(C(C)(C)C(=O)O)c(N2CCOCC2)n1. The summed E-state index contributed by atoms with van der Waals surface area (Å²) < 4.78 is 5.44. The van der Waals surface area contributed by atoms with Crippen LogP contribution in [-0.4, -0.2) is 65.9 Å². The summed E-state index contributed by atoms with van der Waals surface area (Å²) in [6, 6.07) is 5.86. The molecule has 0 aromatic carbocycles. The number of anilines is 2. The molecule has 1 N–H and O–H groups in total. The summed E-state index contributed by atoms with van der Waals surface area (Å²) in [5, 5.41) is 9.69. The zero-order valence-electron chi connectivity index (χ0n) is 16.6. The van der Waals surface area contributed by atoms with Gasteiger partial charge in [-0.15, -0.1) is 0 Å². The van der Waals surface area contributed by atoms with Gasteiger partial charge in [0.1, 0.15) is 5.82 Å². The van der Waals surface area contributed by atoms with E-state index in [9.17, 15) is 9.90 Å². The first-order valence-corrected chi connectivity index (χ1v) is 9.44. The molecule has 0 aliphatic carbocycles. The molecule has 0 atom stereocenters. The Bertz CT molecular complexity index is 807. The van der Waals surface area contributed by atoms with Crippen LogP contribution in [0.25, 0.3) is 0 Å². The lowest BCUT2D eigenvalue weighted by Gasteiger charge is -2.33. The number of carboxylic acids is 1. The van der Waals surface area contributed by atoms with Crippen molar-refractivity contribution < 1.29 is 14.6 Å². The maximum atomic E-state index is 11.8. The molecule has 0 radical (unpaired) electrons. The van der Waals surface area contributed by atoms with Crippen LogP contribution in [0.1, 0.15) is 25.1 Å². The Labute approximate surface area is 165 Å². The largest absolute Gasteiger partial charge is 0.481 e. The third kappa shape index (κ3) is 4.39. The van der Waals surface area contributed by atoms with Gasteiger partial charge < -0.3 is 19.6 Å². The molecule has 8 nitrogen and oxygen atoms in total. The zero-order chi connectivity index (χ0) is 20.1. The molecular weight excluding hydrogens is 358 g/mol. The summed E-state index contributed by atoms with van der Waals surface area (Å²) in [6.45, 7) is 6.63. The molecule has 0 spiro atoms. The van der Waals surface area contributed by atoms with Crippen LogP contribution in [0.5, 0.6) is 0 Å². The Kier molecular flexibility index (Phi) is 6.08. The fourth-order valence-corrected chi connectivity index (χ4v) is 3.05. The first kappa shape index (κ1) is 20.0. The van der Waals surface area contributed by atoms with Crippen LogP contribution in [0.3, 0.4) is 0 Å². The zero-order valence-corrected chi connectivity index (χ0v) is 16.6. The van der Waals surface area contributed by atoms with Gasteiger partial charge in [0.15, 0.2) is 0 Å². The van der Waals surface area contributed by atoms with Crippen molar-refractivity contribution in [1.29, 1.82) is 0 Å². The van der Waals surface area contributed by atoms with Crippen LogP contribution >= 0.6 is 0 Å². The molecule has 0 saturated carbocycles. The first-order valence-electron chi connectivity index (χ1n) is 9.44. The molecule has 8 heteroatoms. The maximum absolute atomic E-state index is 11.8. The number of aromatic nitrogens is 3. The van der Waals surface area contributed by atoms with Crippen LogP contribution in [0.4, 0.5) is 11.8 Å². The van der Waals surface area contributed by atoms with Gasteiger partial charge in [-0.2, -0.15) is 4.98 Å². The maximum Gasteiger partial charge on any atom is 0.313 e. The summed E-state index contributed by atoms with van der Waals surface area (Å²) in [5.41, 5.74) is 0.536. The molecular formula is C20H27N5O3. The van der Waals surface area contributed by atoms with E-state index in [1.54, 1.807) is 26.2 Å². The molecule has 0 unspecified atom stereocenters. The standard InChI is InChI=1S/C20H27N5O3/c1-20(2,18(26)27)16-14-22-19(23-17(16)25-10-12-28-13-11-25)24(3)9-7-15-6-4-5-8-21-15/h4-6,8,14H,7,9-13H2,1-3H3,(H,26,27). The van der Waals surface area contributed by atoms with Crippen molar-refractivity contribution in [3.8, 4) is 0 Å². The Morgan fingerprint density at radius 2 is 2.04 bits per heavy atom. The summed E-state index contributed by atoms with van der Waals surface area (Å²) in [6.07, 6.45) is 4.21. The van der Waals surface area contributed by atoms with Gasteiger partial charge in [-0.3, -0.25) is 9.78 Å². The molecule has 2 aromatic heterocycles. The minimum absolute atomic E-state index is 0.572. The van der Waals surface area contributed by atoms with Crippen molar-refractivity contribution in [3.05, 3.63) is 41.9 Å². The Balaban J connectivity index is 1.87. The van der Waals surface area contributed by atoms with Crippen molar-refractivity contribution >= 4 is 17.7 Å². The van der Waals surface area contributed by atoms with Gasteiger partial charge in [-0.1, -0.05) is 6.07 Å². The fourth-order valence-electron chi connectivity index (χ4n) is 3.05. The van der Waals surface area contributed by atoms with E-state index in [-0.39, 0.29) is 0 Å². The number of likely N-dealkylation sites (N-methyl/N-ethyl adjacent to an activating group) is 1. The van der Waals surface area contributed by atoms with Crippen molar-refractivity contribution in [2.24, 2.45) is 0 Å². The lowest BCUT2D eigenvalue weighted by atomic mass is 9.85. The molecule has 0 bridgehead atoms. The monoisotopic (exact) mass is 385 g/mol. The second-order valence-electron chi connectivity index (χ2n) is 7.43. The number of hydrogen-bond acceptors (Lipinski definition) is 7. The van der Waals surface area contributed by atoms with Crippen LogP contribution in [0.15, 0.2) is 30.6 Å². The minimum atomic E-state index is -1.08. The molecule has 0 amide bonds. The summed E-state index contributed by atoms with van der Waals surface area (Å²) in [4.78, 5) is 29.4. The van der Waals surface area contributed by atoms with Crippen molar-refractivity contribution in [3.63, 3.8) is 0 Å². The molecule has 1 fully saturated rings. The second-order valence-corrected chi connectivity index (χ2v) is 7.43. The Morgan fingerprint density at radius 1 is 1.29 bits per heavy atom. The van der Waals surface area contributed by atoms with E-state index in [0.717, 1.165) is 12.1 Å². The topological polar surface area (TPSA) is 91.7 Å². The third-order valence-corrected chi connectivity index (χ3v) is 5.05. The molecule has 1 saturated heterocycles. The van der Waals surface area contributed by atoms with E-state index in [2.05, 4.69) is 14.9 Å². The number of pyridine rings is 1. The average molecular weight is 385 g/mol. The number of carbonyl (C=O) groups is 1. The Hall–Kier alpha value is -2.74. The molecule has 28 heavy (non-hydrogen) atoms. The van der Waals surface area contributed by atoms with E-state index in [1.165, 1.54) is 0 Å². The molecule has 3 heterocycles. The van der Waals surface area contributed by atoms with E-state index < -0.39 is 11.4 Å². The van der Waals surface area contributed by atoms with Crippen molar-refractivity contribution in [1.82, 2.24) is 15.0 Å². The lowest BCUT2D eigenvalue weighted by Crippen LogP contribution is -2.40. The van der Waals surface area contributed by atoms with E-state index in [4.69, 9.17) is 9.72 Å². The molecule has 1 aliphatic rings. The van der Waals surface area contributed by atoms with Crippen LogP contribution in [0.2, 0.25) is 0 Å². The Morgan fingerprint density at radius 3 is 2.68 bits per heavy atom. The number of aliphatic carboxylic acids is 1. The van der Waals surface area contributed by atoms with Gasteiger partial charge >= 0.3 is 5.97 Å². The molecule has 150 valence electrons. The quantitative estimate of drug-likeness (QED) is 0.771. The highest BCUT2D eigenvalue weighted by Crippen LogP contribution is 2.32. The third-order valence-electron chi connectivity index (χ3n) is 5.05. The number of hydrogen-bond donors (Lipinski definition) is 1. The number of carboxylic acid groups (broad SMARTS) is 1. The lowest BCUT2D eigenvalue weighted by molar-refractivity contribution is -0.142. The predicted molar refractivity (Wildman–Crippen MR) is 107 cm³/mol. The normalized spacial score (nSPS) is 14.8. The van der Waals surface area contributed by atoms with Crippen LogP contribution in [-0.2, 0) is 21.4 Å². The van der Waals surface area contributed by atoms with E-state index in [1.807, 2.05) is 30.1 Å². The highest BCUT2D eigenvalue weighted by molar-refractivity contribution is 5.82. The molecule has 2 aromatic rings. The second kappa shape index (κ2) is 8.52. The summed E-state index contributed by atoms with van der Waals surface area (Å²) >= 11 is 0. The van der Waals surface area contributed by atoms with E-state index in [0.29, 0.717) is 50.2 Å². The number of rotatable bonds is 7. The summed E-state index contributed by atoms with van der Waals surface area (Å²) in [7, 11) is 1.93. The minimum Gasteiger partial charge on any atom is -0.481 e. The molecule has 1 aliphatic heterocycles. The molecule has 3 rings (SSSR count). The first-order chi connectivity index (χ1) is 13.4. The fraction of sp³-hybridized carbons (Fsp3) is 0.500. The van der Waals surface area contributed by atoms with Gasteiger partial charge in [0.05, 0.1) is 18.6 Å². The highest BCUT2D eigenvalue weighted by Gasteiger charge is 2.35. The summed E-state index contributed by atoms with van der Waals surface area (Å²) in [5.74, 6) is 0.342. The van der Waals surface area contributed by atoms with Gasteiger partial charge in [0.25, 0.3) is 0 Å². The predicted octanol–water partition coefficient (Wildman–Crippen LogP) is 1.75. The van der Waals surface area contributed by atoms with Crippen LogP contribution in [0, 0.1) is 0 Å². The number of ether oxygens (including phenoxy) is 1. The van der Waals surface area contributed by atoms with Gasteiger partial charge in [-0.05, 0) is 26.0 Å². The van der Waals surface area contributed by atoms with Crippen LogP contribution < -0.4 is 9.80 Å².